The van der Waals surface area contributed by atoms with E-state index in [2.05, 4.69) is 25.4 Å². The molecule has 10 heteroatoms. The Bertz CT molecular complexity index is 722. The van der Waals surface area contributed by atoms with Crippen LogP contribution in [0.2, 0.25) is 0 Å². The van der Waals surface area contributed by atoms with E-state index >= 15 is 0 Å². The summed E-state index contributed by atoms with van der Waals surface area (Å²) in [6, 6.07) is 0. The monoisotopic (exact) mass is 335 g/mol. The van der Waals surface area contributed by atoms with Gasteiger partial charge in [-0.25, -0.2) is 9.37 Å². The number of nitrogens with zero attached hydrogens (tertiary/aromatic N) is 6. The number of aliphatic carboxylic acids is 1. The van der Waals surface area contributed by atoms with Gasteiger partial charge in [0, 0.05) is 33.1 Å². The Morgan fingerprint density at radius 2 is 2.25 bits per heavy atom. The lowest BCUT2D eigenvalue weighted by molar-refractivity contribution is -0.138. The fraction of sp³-hybridized carbons (Fsp3) is 0.500. The Labute approximate surface area is 137 Å². The highest BCUT2D eigenvalue weighted by Gasteiger charge is 2.38. The number of aromatic amines is 1. The van der Waals surface area contributed by atoms with Gasteiger partial charge in [0.2, 0.25) is 5.95 Å². The molecule has 2 atom stereocenters. The third-order valence-electron chi connectivity index (χ3n) is 4.11. The first-order valence-corrected chi connectivity index (χ1v) is 7.48. The van der Waals surface area contributed by atoms with Crippen LogP contribution in [0.4, 0.5) is 16.2 Å². The number of carboxylic acid groups (broad SMARTS) is 1. The van der Waals surface area contributed by atoms with E-state index in [1.54, 1.807) is 25.2 Å². The molecule has 1 saturated heterocycles. The Hall–Kier alpha value is -2.78. The highest BCUT2D eigenvalue weighted by Crippen LogP contribution is 2.35. The highest BCUT2D eigenvalue weighted by atomic mass is 19.1. The van der Waals surface area contributed by atoms with E-state index in [0.717, 1.165) is 6.20 Å². The molecule has 2 N–H and O–H groups in total. The molecule has 2 aromatic rings. The van der Waals surface area contributed by atoms with E-state index in [1.165, 1.54) is 0 Å². The van der Waals surface area contributed by atoms with E-state index in [0.29, 0.717) is 24.7 Å². The standard InChI is InChI=1S/C14H18FN7O2/c1-21(2)13-10(15)4-16-14(18-13)22-6-8(3-12(23)24)9(7-22)11-5-17-20-19-11/h4-5,8-9H,3,6-7H2,1-2H3,(H,23,24)(H,17,19,20)/t8-,9+/m1/s1. The molecule has 0 aliphatic carbocycles. The van der Waals surface area contributed by atoms with Gasteiger partial charge in [-0.3, -0.25) is 4.79 Å². The van der Waals surface area contributed by atoms with Crippen molar-refractivity contribution in [3.8, 4) is 0 Å². The molecule has 0 unspecified atom stereocenters. The lowest BCUT2D eigenvalue weighted by Gasteiger charge is -2.19. The molecule has 1 aliphatic rings. The average Bonchev–Trinajstić information content (AvgIpc) is 3.16. The minimum absolute atomic E-state index is 0.00968. The average molecular weight is 335 g/mol. The molecule has 1 aliphatic heterocycles. The summed E-state index contributed by atoms with van der Waals surface area (Å²) in [6.07, 6.45) is 2.74. The van der Waals surface area contributed by atoms with Crippen molar-refractivity contribution in [2.45, 2.75) is 12.3 Å². The Balaban J connectivity index is 1.87. The van der Waals surface area contributed by atoms with Crippen LogP contribution in [0, 0.1) is 11.7 Å². The fourth-order valence-corrected chi connectivity index (χ4v) is 3.01. The Morgan fingerprint density at radius 3 is 2.88 bits per heavy atom. The summed E-state index contributed by atoms with van der Waals surface area (Å²) >= 11 is 0. The molecule has 9 nitrogen and oxygen atoms in total. The van der Waals surface area contributed by atoms with E-state index in [1.807, 2.05) is 4.90 Å². The van der Waals surface area contributed by atoms with E-state index in [9.17, 15) is 9.18 Å². The van der Waals surface area contributed by atoms with Gasteiger partial charge in [0.25, 0.3) is 0 Å². The number of aromatic nitrogens is 5. The van der Waals surface area contributed by atoms with E-state index < -0.39 is 11.8 Å². The molecule has 128 valence electrons. The molecule has 0 amide bonds. The summed E-state index contributed by atoms with van der Waals surface area (Å²) in [7, 11) is 3.40. The molecule has 1 fully saturated rings. The summed E-state index contributed by atoms with van der Waals surface area (Å²) in [5.41, 5.74) is 0.707. The lowest BCUT2D eigenvalue weighted by atomic mass is 9.91. The first kappa shape index (κ1) is 16.1. The van der Waals surface area contributed by atoms with Crippen molar-refractivity contribution in [2.75, 3.05) is 37.0 Å². The summed E-state index contributed by atoms with van der Waals surface area (Å²) in [6.45, 7) is 0.964. The predicted octanol–water partition coefficient (Wildman–Crippen LogP) is 0.494. The lowest BCUT2D eigenvalue weighted by Crippen LogP contribution is -2.24. The summed E-state index contributed by atoms with van der Waals surface area (Å²) in [4.78, 5) is 22.9. The molecule has 3 rings (SSSR count). The van der Waals surface area contributed by atoms with Gasteiger partial charge >= 0.3 is 5.97 Å². The van der Waals surface area contributed by atoms with Gasteiger partial charge in [-0.15, -0.1) is 0 Å². The van der Waals surface area contributed by atoms with Crippen LogP contribution in [0.5, 0.6) is 0 Å². The van der Waals surface area contributed by atoms with Gasteiger partial charge in [-0.1, -0.05) is 0 Å². The van der Waals surface area contributed by atoms with Gasteiger partial charge in [0.05, 0.1) is 24.5 Å². The number of hydrogen-bond acceptors (Lipinski definition) is 7. The second-order valence-corrected chi connectivity index (χ2v) is 6.00. The molecule has 0 bridgehead atoms. The molecule has 3 heterocycles. The number of carboxylic acids is 1. The van der Waals surface area contributed by atoms with Gasteiger partial charge < -0.3 is 14.9 Å². The maximum absolute atomic E-state index is 13.8. The first-order valence-electron chi connectivity index (χ1n) is 7.48. The number of nitrogens with one attached hydrogen (secondary N) is 1. The van der Waals surface area contributed by atoms with E-state index in [4.69, 9.17) is 5.11 Å². The van der Waals surface area contributed by atoms with Crippen LogP contribution in [-0.2, 0) is 4.79 Å². The number of halogens is 1. The van der Waals surface area contributed by atoms with Crippen LogP contribution in [0.25, 0.3) is 0 Å². The van der Waals surface area contributed by atoms with Crippen molar-refractivity contribution < 1.29 is 14.3 Å². The van der Waals surface area contributed by atoms with Crippen LogP contribution < -0.4 is 9.80 Å². The van der Waals surface area contributed by atoms with Crippen molar-refractivity contribution >= 4 is 17.7 Å². The zero-order chi connectivity index (χ0) is 17.3. The molecular weight excluding hydrogens is 317 g/mol. The second kappa shape index (κ2) is 6.38. The molecule has 0 radical (unpaired) electrons. The topological polar surface area (TPSA) is 111 Å². The molecule has 0 saturated carbocycles. The maximum Gasteiger partial charge on any atom is 0.303 e. The minimum Gasteiger partial charge on any atom is -0.481 e. The highest BCUT2D eigenvalue weighted by molar-refractivity contribution is 5.67. The smallest absolute Gasteiger partial charge is 0.303 e. The third-order valence-corrected chi connectivity index (χ3v) is 4.11. The summed E-state index contributed by atoms with van der Waals surface area (Å²) in [5.74, 6) is -1.05. The van der Waals surface area contributed by atoms with Crippen LogP contribution in [0.15, 0.2) is 12.4 Å². The van der Waals surface area contributed by atoms with Crippen molar-refractivity contribution in [3.05, 3.63) is 23.9 Å². The predicted molar refractivity (Wildman–Crippen MR) is 83.4 cm³/mol. The van der Waals surface area contributed by atoms with Gasteiger partial charge in [0.15, 0.2) is 11.6 Å². The number of H-pyrrole nitrogens is 1. The van der Waals surface area contributed by atoms with Crippen LogP contribution in [0.3, 0.4) is 0 Å². The number of carbonyl (C=O) groups is 1. The second-order valence-electron chi connectivity index (χ2n) is 6.00. The SMILES string of the molecule is CN(C)c1nc(N2C[C@@H](CC(=O)O)[C@@H](c3cn[nH]n3)C2)ncc1F. The minimum atomic E-state index is -0.871. The van der Waals surface area contributed by atoms with Gasteiger partial charge in [0.1, 0.15) is 0 Å². The molecule has 2 aromatic heterocycles. The van der Waals surface area contributed by atoms with Crippen LogP contribution in [0.1, 0.15) is 18.0 Å². The van der Waals surface area contributed by atoms with Crippen molar-refractivity contribution in [3.63, 3.8) is 0 Å². The van der Waals surface area contributed by atoms with Gasteiger partial charge in [-0.05, 0) is 5.92 Å². The molecular formula is C14H18FN7O2. The quantitative estimate of drug-likeness (QED) is 0.812. The normalized spacial score (nSPS) is 20.4. The van der Waals surface area contributed by atoms with E-state index in [-0.39, 0.29) is 24.1 Å². The molecule has 0 aromatic carbocycles. The van der Waals surface area contributed by atoms with Crippen molar-refractivity contribution in [2.24, 2.45) is 5.92 Å². The summed E-state index contributed by atoms with van der Waals surface area (Å²) < 4.78 is 13.8. The number of rotatable bonds is 5. The fourth-order valence-electron chi connectivity index (χ4n) is 3.01. The number of anilines is 2. The van der Waals surface area contributed by atoms with Gasteiger partial charge in [-0.2, -0.15) is 20.4 Å². The summed E-state index contributed by atoms with van der Waals surface area (Å²) in [5, 5.41) is 19.6. The molecule has 24 heavy (non-hydrogen) atoms. The largest absolute Gasteiger partial charge is 0.481 e. The zero-order valence-corrected chi connectivity index (χ0v) is 13.3. The van der Waals surface area contributed by atoms with Crippen LogP contribution in [-0.4, -0.2) is 63.6 Å². The maximum atomic E-state index is 13.8. The zero-order valence-electron chi connectivity index (χ0n) is 13.3. The number of hydrogen-bond donors (Lipinski definition) is 2. The third kappa shape index (κ3) is 3.12. The first-order chi connectivity index (χ1) is 11.5. The van der Waals surface area contributed by atoms with Crippen LogP contribution >= 0.6 is 0 Å². The Kier molecular flexibility index (Phi) is 4.28. The Morgan fingerprint density at radius 1 is 1.46 bits per heavy atom. The van der Waals surface area contributed by atoms with Crippen molar-refractivity contribution in [1.82, 2.24) is 25.4 Å². The molecule has 0 spiro atoms. The van der Waals surface area contributed by atoms with Crippen molar-refractivity contribution in [1.29, 1.82) is 0 Å².